The van der Waals surface area contributed by atoms with Crippen LogP contribution in [-0.4, -0.2) is 4.92 Å². The van der Waals surface area contributed by atoms with Gasteiger partial charge in [-0.25, -0.2) is 0 Å². The van der Waals surface area contributed by atoms with Crippen LogP contribution in [0.2, 0.25) is 0 Å². The summed E-state index contributed by atoms with van der Waals surface area (Å²) in [6.07, 6.45) is 0. The zero-order valence-electron chi connectivity index (χ0n) is 11.1. The second kappa shape index (κ2) is 5.40. The number of benzene rings is 1. The lowest BCUT2D eigenvalue weighted by atomic mass is 10.1. The summed E-state index contributed by atoms with van der Waals surface area (Å²) in [7, 11) is 0. The van der Waals surface area contributed by atoms with Crippen LogP contribution in [0.1, 0.15) is 28.3 Å². The summed E-state index contributed by atoms with van der Waals surface area (Å²) >= 11 is 1.70. The molecule has 0 aliphatic heterocycles. The average molecular weight is 276 g/mol. The highest BCUT2D eigenvalue weighted by molar-refractivity contribution is 7.12. The van der Waals surface area contributed by atoms with Crippen molar-refractivity contribution in [3.05, 3.63) is 55.8 Å². The standard InChI is InChI=1S/C14H16N2O2S/c1-9-5-4-6-12(14(9)16(17)18)15-11(3)13-8-7-10(2)19-13/h4-8,11,15H,1-3H3. The van der Waals surface area contributed by atoms with Gasteiger partial charge in [0.2, 0.25) is 0 Å². The van der Waals surface area contributed by atoms with Gasteiger partial charge in [-0.3, -0.25) is 10.1 Å². The Morgan fingerprint density at radius 3 is 2.58 bits per heavy atom. The minimum Gasteiger partial charge on any atom is -0.372 e. The molecule has 1 heterocycles. The molecule has 0 aliphatic carbocycles. The monoisotopic (exact) mass is 276 g/mol. The summed E-state index contributed by atoms with van der Waals surface area (Å²) in [6.45, 7) is 5.82. The maximum absolute atomic E-state index is 11.1. The molecule has 1 unspecified atom stereocenters. The molecule has 0 spiro atoms. The smallest absolute Gasteiger partial charge is 0.295 e. The summed E-state index contributed by atoms with van der Waals surface area (Å²) in [5.74, 6) is 0. The van der Waals surface area contributed by atoms with Crippen molar-refractivity contribution < 1.29 is 4.92 Å². The van der Waals surface area contributed by atoms with Gasteiger partial charge in [-0.2, -0.15) is 0 Å². The molecule has 1 aromatic heterocycles. The number of nitro groups is 1. The molecule has 0 radical (unpaired) electrons. The Hall–Kier alpha value is -1.88. The minimum atomic E-state index is -0.329. The number of anilines is 1. The first-order valence-corrected chi connectivity index (χ1v) is 6.87. The van der Waals surface area contributed by atoms with E-state index >= 15 is 0 Å². The largest absolute Gasteiger partial charge is 0.372 e. The first-order valence-electron chi connectivity index (χ1n) is 6.06. The first kappa shape index (κ1) is 13.5. The Kier molecular flexibility index (Phi) is 3.85. The number of aryl methyl sites for hydroxylation is 2. The molecule has 0 fully saturated rings. The third-order valence-corrected chi connectivity index (χ3v) is 4.16. The lowest BCUT2D eigenvalue weighted by Crippen LogP contribution is -2.07. The molecule has 100 valence electrons. The minimum absolute atomic E-state index is 0.0548. The van der Waals surface area contributed by atoms with Crippen LogP contribution in [0, 0.1) is 24.0 Å². The molecule has 5 heteroatoms. The van der Waals surface area contributed by atoms with E-state index in [1.807, 2.05) is 13.0 Å². The third kappa shape index (κ3) is 2.93. The predicted octanol–water partition coefficient (Wildman–Crippen LogP) is 4.45. The topological polar surface area (TPSA) is 55.2 Å². The van der Waals surface area contributed by atoms with E-state index in [0.717, 1.165) is 0 Å². The maximum Gasteiger partial charge on any atom is 0.295 e. The Labute approximate surface area is 116 Å². The van der Waals surface area contributed by atoms with Crippen LogP contribution >= 0.6 is 11.3 Å². The normalized spacial score (nSPS) is 12.2. The van der Waals surface area contributed by atoms with E-state index < -0.39 is 0 Å². The van der Waals surface area contributed by atoms with E-state index in [9.17, 15) is 10.1 Å². The molecular weight excluding hydrogens is 260 g/mol. The second-order valence-corrected chi connectivity index (χ2v) is 5.86. The van der Waals surface area contributed by atoms with Gasteiger partial charge in [0.1, 0.15) is 5.69 Å². The molecule has 0 saturated carbocycles. The number of hydrogen-bond donors (Lipinski definition) is 1. The highest BCUT2D eigenvalue weighted by atomic mass is 32.1. The van der Waals surface area contributed by atoms with Crippen LogP contribution in [0.4, 0.5) is 11.4 Å². The molecule has 0 aliphatic rings. The Morgan fingerprint density at radius 1 is 1.26 bits per heavy atom. The van der Waals surface area contributed by atoms with Crippen LogP contribution in [0.5, 0.6) is 0 Å². The molecular formula is C14H16N2O2S. The summed E-state index contributed by atoms with van der Waals surface area (Å²) in [5.41, 5.74) is 1.40. The van der Waals surface area contributed by atoms with Crippen molar-refractivity contribution in [2.24, 2.45) is 0 Å². The molecule has 19 heavy (non-hydrogen) atoms. The van der Waals surface area contributed by atoms with E-state index in [-0.39, 0.29) is 16.7 Å². The number of rotatable bonds is 4. The number of nitrogens with zero attached hydrogens (tertiary/aromatic N) is 1. The number of thiophene rings is 1. The average Bonchev–Trinajstić information content (AvgIpc) is 2.75. The fourth-order valence-corrected chi connectivity index (χ4v) is 2.89. The van der Waals surface area contributed by atoms with Crippen molar-refractivity contribution in [1.82, 2.24) is 0 Å². The molecule has 4 nitrogen and oxygen atoms in total. The zero-order chi connectivity index (χ0) is 14.0. The van der Waals surface area contributed by atoms with Crippen molar-refractivity contribution in [3.8, 4) is 0 Å². The maximum atomic E-state index is 11.1. The molecule has 0 bridgehead atoms. The molecule has 2 aromatic rings. The predicted molar refractivity (Wildman–Crippen MR) is 78.9 cm³/mol. The van der Waals surface area contributed by atoms with Gasteiger partial charge in [0.15, 0.2) is 0 Å². The van der Waals surface area contributed by atoms with Gasteiger partial charge >= 0.3 is 0 Å². The van der Waals surface area contributed by atoms with Crippen LogP contribution in [0.3, 0.4) is 0 Å². The number of para-hydroxylation sites is 1. The molecule has 0 amide bonds. The van der Waals surface area contributed by atoms with Gasteiger partial charge in [0.25, 0.3) is 5.69 Å². The highest BCUT2D eigenvalue weighted by Crippen LogP contribution is 2.32. The Balaban J connectivity index is 2.28. The quantitative estimate of drug-likeness (QED) is 0.663. The van der Waals surface area contributed by atoms with Gasteiger partial charge < -0.3 is 5.32 Å². The Bertz CT molecular complexity index is 607. The van der Waals surface area contributed by atoms with Crippen molar-refractivity contribution in [2.75, 3.05) is 5.32 Å². The molecule has 2 rings (SSSR count). The molecule has 0 saturated heterocycles. The van der Waals surface area contributed by atoms with E-state index in [1.54, 1.807) is 30.4 Å². The van der Waals surface area contributed by atoms with E-state index in [0.29, 0.717) is 11.3 Å². The highest BCUT2D eigenvalue weighted by Gasteiger charge is 2.18. The van der Waals surface area contributed by atoms with Crippen molar-refractivity contribution >= 4 is 22.7 Å². The summed E-state index contributed by atoms with van der Waals surface area (Å²) < 4.78 is 0. The van der Waals surface area contributed by atoms with Crippen molar-refractivity contribution in [1.29, 1.82) is 0 Å². The number of nitrogens with one attached hydrogen (secondary N) is 1. The van der Waals surface area contributed by atoms with Crippen LogP contribution in [0.25, 0.3) is 0 Å². The second-order valence-electron chi connectivity index (χ2n) is 4.54. The van der Waals surface area contributed by atoms with Crippen molar-refractivity contribution in [3.63, 3.8) is 0 Å². The fraction of sp³-hybridized carbons (Fsp3) is 0.286. The van der Waals surface area contributed by atoms with Crippen molar-refractivity contribution in [2.45, 2.75) is 26.8 Å². The summed E-state index contributed by atoms with van der Waals surface area (Å²) in [6, 6.07) is 9.50. The summed E-state index contributed by atoms with van der Waals surface area (Å²) in [4.78, 5) is 13.2. The number of hydrogen-bond acceptors (Lipinski definition) is 4. The van der Waals surface area contributed by atoms with E-state index in [2.05, 4.69) is 24.4 Å². The van der Waals surface area contributed by atoms with Gasteiger partial charge in [0, 0.05) is 15.3 Å². The molecule has 1 aromatic carbocycles. The lowest BCUT2D eigenvalue weighted by molar-refractivity contribution is -0.384. The van der Waals surface area contributed by atoms with E-state index in [4.69, 9.17) is 0 Å². The summed E-state index contributed by atoms with van der Waals surface area (Å²) in [5, 5.41) is 14.4. The van der Waals surface area contributed by atoms with E-state index in [1.165, 1.54) is 9.75 Å². The molecule has 1 N–H and O–H groups in total. The number of nitro benzene ring substituents is 1. The van der Waals surface area contributed by atoms with Crippen LogP contribution in [-0.2, 0) is 0 Å². The van der Waals surface area contributed by atoms with Gasteiger partial charge in [0.05, 0.1) is 11.0 Å². The fourth-order valence-electron chi connectivity index (χ4n) is 2.01. The molecule has 1 atom stereocenters. The van der Waals surface area contributed by atoms with Crippen LogP contribution < -0.4 is 5.32 Å². The SMILES string of the molecule is Cc1ccc(C(C)Nc2cccc(C)c2[N+](=O)[O-])s1. The Morgan fingerprint density at radius 2 is 2.00 bits per heavy atom. The first-order chi connectivity index (χ1) is 8.99. The van der Waals surface area contributed by atoms with Gasteiger partial charge in [-0.05, 0) is 39.0 Å². The lowest BCUT2D eigenvalue weighted by Gasteiger charge is -2.14. The van der Waals surface area contributed by atoms with Gasteiger partial charge in [-0.1, -0.05) is 12.1 Å². The van der Waals surface area contributed by atoms with Crippen LogP contribution in [0.15, 0.2) is 30.3 Å². The third-order valence-electron chi connectivity index (χ3n) is 2.98. The zero-order valence-corrected chi connectivity index (χ0v) is 12.0. The van der Waals surface area contributed by atoms with Gasteiger partial charge in [-0.15, -0.1) is 11.3 Å².